The topological polar surface area (TPSA) is 182 Å². The zero-order chi connectivity index (χ0) is 29.1. The molecule has 214 valence electrons. The standard InChI is InChI=1S/C25H32N2O12/c1-13(28)36-12-18-20(37-14(2)29)21(38-15(3)30)19(25(35-5)39-18)27-23(32)22(31)26-17(24(33)34-4)11-16-9-7-6-8-10-16/h6-10,17-21,25H,11-12H2,1-5H3,(H,26,31)(H,27,32)/t17?,18-,19-,20-,21-,25+/m1/s1. The lowest BCUT2D eigenvalue weighted by Gasteiger charge is -2.44. The zero-order valence-corrected chi connectivity index (χ0v) is 22.2. The highest BCUT2D eigenvalue weighted by Gasteiger charge is 2.51. The predicted molar refractivity (Wildman–Crippen MR) is 129 cm³/mol. The highest BCUT2D eigenvalue weighted by Crippen LogP contribution is 2.27. The third-order valence-electron chi connectivity index (χ3n) is 5.51. The van der Waals surface area contributed by atoms with E-state index in [2.05, 4.69) is 10.6 Å². The number of hydrogen-bond donors (Lipinski definition) is 2. The summed E-state index contributed by atoms with van der Waals surface area (Å²) in [7, 11) is 2.36. The molecule has 6 atom stereocenters. The van der Waals surface area contributed by atoms with Crippen molar-refractivity contribution in [3.63, 3.8) is 0 Å². The number of benzene rings is 1. The molecule has 14 nitrogen and oxygen atoms in total. The van der Waals surface area contributed by atoms with Gasteiger partial charge in [-0.25, -0.2) is 4.79 Å². The molecule has 1 aromatic carbocycles. The number of nitrogens with one attached hydrogen (secondary N) is 2. The van der Waals surface area contributed by atoms with Crippen LogP contribution in [0.4, 0.5) is 0 Å². The Morgan fingerprint density at radius 1 is 0.872 bits per heavy atom. The predicted octanol–water partition coefficient (Wildman–Crippen LogP) is -0.830. The number of amides is 2. The van der Waals surface area contributed by atoms with Crippen molar-refractivity contribution in [1.82, 2.24) is 10.6 Å². The molecule has 0 aromatic heterocycles. The molecule has 39 heavy (non-hydrogen) atoms. The molecule has 0 aliphatic carbocycles. The fraction of sp³-hybridized carbons (Fsp3) is 0.520. The van der Waals surface area contributed by atoms with Gasteiger partial charge in [-0.15, -0.1) is 0 Å². The first kappa shape index (κ1) is 31.2. The molecule has 2 rings (SSSR count). The largest absolute Gasteiger partial charge is 0.467 e. The fourth-order valence-corrected chi connectivity index (χ4v) is 3.88. The van der Waals surface area contributed by atoms with E-state index in [1.807, 2.05) is 0 Å². The van der Waals surface area contributed by atoms with Gasteiger partial charge in [-0.1, -0.05) is 30.3 Å². The number of esters is 4. The number of carbonyl (C=O) groups excluding carboxylic acids is 6. The lowest BCUT2D eigenvalue weighted by Crippen LogP contribution is -2.67. The maximum atomic E-state index is 12.9. The van der Waals surface area contributed by atoms with Crippen molar-refractivity contribution in [2.45, 2.75) is 63.9 Å². The van der Waals surface area contributed by atoms with E-state index in [0.717, 1.165) is 27.9 Å². The highest BCUT2D eigenvalue weighted by atomic mass is 16.7. The number of carbonyl (C=O) groups is 6. The first-order valence-electron chi connectivity index (χ1n) is 11.9. The van der Waals surface area contributed by atoms with Crippen molar-refractivity contribution in [1.29, 1.82) is 0 Å². The normalized spacial score (nSPS) is 22.9. The van der Waals surface area contributed by atoms with E-state index in [-0.39, 0.29) is 6.42 Å². The third kappa shape index (κ3) is 9.33. The molecular weight excluding hydrogens is 520 g/mol. The van der Waals surface area contributed by atoms with Gasteiger partial charge in [-0.05, 0) is 5.56 Å². The maximum Gasteiger partial charge on any atom is 0.328 e. The van der Waals surface area contributed by atoms with Crippen LogP contribution in [0.1, 0.15) is 26.3 Å². The van der Waals surface area contributed by atoms with Crippen LogP contribution < -0.4 is 10.6 Å². The van der Waals surface area contributed by atoms with E-state index >= 15 is 0 Å². The summed E-state index contributed by atoms with van der Waals surface area (Å²) in [6.07, 6.45) is -5.21. The number of ether oxygens (including phenoxy) is 6. The van der Waals surface area contributed by atoms with E-state index in [4.69, 9.17) is 28.4 Å². The van der Waals surface area contributed by atoms with E-state index in [1.54, 1.807) is 30.3 Å². The summed E-state index contributed by atoms with van der Waals surface area (Å²) >= 11 is 0. The lowest BCUT2D eigenvalue weighted by atomic mass is 9.96. The van der Waals surface area contributed by atoms with Crippen LogP contribution in [0.3, 0.4) is 0 Å². The van der Waals surface area contributed by atoms with E-state index in [0.29, 0.717) is 5.56 Å². The van der Waals surface area contributed by atoms with Gasteiger partial charge in [0.2, 0.25) is 0 Å². The Labute approximate surface area is 224 Å². The molecule has 1 aromatic rings. The molecule has 1 aliphatic heterocycles. The molecule has 1 saturated heterocycles. The quantitative estimate of drug-likeness (QED) is 0.209. The van der Waals surface area contributed by atoms with E-state index < -0.39 is 79.0 Å². The molecule has 2 amide bonds. The van der Waals surface area contributed by atoms with Crippen molar-refractivity contribution in [3.05, 3.63) is 35.9 Å². The second-order valence-corrected chi connectivity index (χ2v) is 8.47. The van der Waals surface area contributed by atoms with Gasteiger partial charge in [0.1, 0.15) is 24.8 Å². The minimum Gasteiger partial charge on any atom is -0.467 e. The summed E-state index contributed by atoms with van der Waals surface area (Å²) in [5.74, 6) is -5.46. The monoisotopic (exact) mass is 552 g/mol. The van der Waals surface area contributed by atoms with E-state index in [1.165, 1.54) is 7.11 Å². The summed E-state index contributed by atoms with van der Waals surface area (Å²) < 4.78 is 31.4. The van der Waals surface area contributed by atoms with Gasteiger partial charge in [0, 0.05) is 34.3 Å². The first-order chi connectivity index (χ1) is 18.5. The van der Waals surface area contributed by atoms with Crippen LogP contribution in [0, 0.1) is 0 Å². The Hall–Kier alpha value is -4.04. The fourth-order valence-electron chi connectivity index (χ4n) is 3.88. The van der Waals surface area contributed by atoms with Gasteiger partial charge in [-0.3, -0.25) is 24.0 Å². The van der Waals surface area contributed by atoms with Crippen molar-refractivity contribution in [2.75, 3.05) is 20.8 Å². The molecule has 0 saturated carbocycles. The molecule has 14 heteroatoms. The van der Waals surface area contributed by atoms with Gasteiger partial charge in [0.25, 0.3) is 0 Å². The van der Waals surface area contributed by atoms with Crippen LogP contribution in [0.5, 0.6) is 0 Å². The zero-order valence-electron chi connectivity index (χ0n) is 22.2. The maximum absolute atomic E-state index is 12.9. The number of hydrogen-bond acceptors (Lipinski definition) is 12. The average molecular weight is 553 g/mol. The van der Waals surface area contributed by atoms with Crippen molar-refractivity contribution < 1.29 is 57.2 Å². The summed E-state index contributed by atoms with van der Waals surface area (Å²) in [5, 5.41) is 4.68. The smallest absolute Gasteiger partial charge is 0.328 e. The molecular formula is C25H32N2O12. The molecule has 0 bridgehead atoms. The average Bonchev–Trinajstić information content (AvgIpc) is 2.88. The van der Waals surface area contributed by atoms with Crippen molar-refractivity contribution >= 4 is 35.7 Å². The van der Waals surface area contributed by atoms with Gasteiger partial charge < -0.3 is 39.1 Å². The van der Waals surface area contributed by atoms with Gasteiger partial charge in [-0.2, -0.15) is 0 Å². The van der Waals surface area contributed by atoms with Crippen LogP contribution in [0.15, 0.2) is 30.3 Å². The van der Waals surface area contributed by atoms with Crippen LogP contribution in [-0.4, -0.2) is 93.2 Å². The summed E-state index contributed by atoms with van der Waals surface area (Å²) in [6.45, 7) is 2.94. The Morgan fingerprint density at radius 2 is 1.49 bits per heavy atom. The lowest BCUT2D eigenvalue weighted by molar-refractivity contribution is -0.271. The summed E-state index contributed by atoms with van der Waals surface area (Å²) in [6, 6.07) is 6.18. The molecule has 1 heterocycles. The minimum atomic E-state index is -1.41. The van der Waals surface area contributed by atoms with Gasteiger partial charge in [0.05, 0.1) is 7.11 Å². The summed E-state index contributed by atoms with van der Waals surface area (Å²) in [4.78, 5) is 73.1. The van der Waals surface area contributed by atoms with Crippen LogP contribution in [0.25, 0.3) is 0 Å². The molecule has 1 aliphatic rings. The van der Waals surface area contributed by atoms with Crippen LogP contribution in [-0.2, 0) is 63.6 Å². The van der Waals surface area contributed by atoms with Crippen molar-refractivity contribution in [2.24, 2.45) is 0 Å². The second kappa shape index (κ2) is 14.8. The third-order valence-corrected chi connectivity index (χ3v) is 5.51. The molecule has 2 N–H and O–H groups in total. The second-order valence-electron chi connectivity index (χ2n) is 8.47. The highest BCUT2D eigenvalue weighted by molar-refractivity contribution is 6.35. The van der Waals surface area contributed by atoms with Gasteiger partial charge >= 0.3 is 35.7 Å². The minimum absolute atomic E-state index is 0.0438. The Balaban J connectivity index is 2.28. The summed E-state index contributed by atoms with van der Waals surface area (Å²) in [5.41, 5.74) is 0.701. The molecule has 1 unspecified atom stereocenters. The van der Waals surface area contributed by atoms with E-state index in [9.17, 15) is 28.8 Å². The Kier molecular flexibility index (Phi) is 11.8. The Morgan fingerprint density at radius 3 is 2.03 bits per heavy atom. The molecule has 1 fully saturated rings. The SMILES string of the molecule is COC(=O)C(Cc1ccccc1)NC(=O)C(=O)N[C@H]1[C@@H](OC)O[C@H](COC(C)=O)[C@@H](OC(C)=O)[C@@H]1OC(C)=O. The number of rotatable bonds is 10. The number of methoxy groups -OCH3 is 2. The molecule has 0 spiro atoms. The van der Waals surface area contributed by atoms with Crippen LogP contribution >= 0.6 is 0 Å². The van der Waals surface area contributed by atoms with Gasteiger partial charge in [0.15, 0.2) is 18.5 Å². The van der Waals surface area contributed by atoms with Crippen molar-refractivity contribution in [3.8, 4) is 0 Å². The van der Waals surface area contributed by atoms with Crippen LogP contribution in [0.2, 0.25) is 0 Å². The molecule has 0 radical (unpaired) electrons. The first-order valence-corrected chi connectivity index (χ1v) is 11.9. The Bertz CT molecular complexity index is 1050.